The summed E-state index contributed by atoms with van der Waals surface area (Å²) < 4.78 is 64.4. The fourth-order valence-electron chi connectivity index (χ4n) is 3.24. The molecule has 0 amide bonds. The lowest BCUT2D eigenvalue weighted by Crippen LogP contribution is -2.28. The molecule has 1 fully saturated rings. The molecule has 12 heteroatoms. The van der Waals surface area contributed by atoms with E-state index in [1.54, 1.807) is 0 Å². The minimum absolute atomic E-state index is 0.00774. The molecule has 32 heavy (non-hydrogen) atoms. The van der Waals surface area contributed by atoms with Gasteiger partial charge in [-0.2, -0.15) is 4.31 Å². The van der Waals surface area contributed by atoms with Crippen LogP contribution in [0.5, 0.6) is 0 Å². The molecular weight excluding hydrogens is 460 g/mol. The average molecular weight is 483 g/mol. The summed E-state index contributed by atoms with van der Waals surface area (Å²) in [6.07, 6.45) is 1.54. The van der Waals surface area contributed by atoms with Crippen molar-refractivity contribution in [3.8, 4) is 0 Å². The summed E-state index contributed by atoms with van der Waals surface area (Å²) in [5.74, 6) is -1.68. The van der Waals surface area contributed by atoms with E-state index >= 15 is 0 Å². The zero-order valence-corrected chi connectivity index (χ0v) is 19.0. The zero-order valence-electron chi connectivity index (χ0n) is 17.4. The molecule has 0 atom stereocenters. The first-order valence-corrected chi connectivity index (χ1v) is 12.5. The predicted molar refractivity (Wildman–Crippen MR) is 114 cm³/mol. The van der Waals surface area contributed by atoms with Crippen molar-refractivity contribution < 1.29 is 35.9 Å². The Bertz CT molecular complexity index is 1220. The van der Waals surface area contributed by atoms with Crippen LogP contribution in [0.25, 0.3) is 0 Å². The molecule has 3 rings (SSSR count). The Kier molecular flexibility index (Phi) is 6.86. The summed E-state index contributed by atoms with van der Waals surface area (Å²) >= 11 is 0. The topological polar surface area (TPSA) is 136 Å². The van der Waals surface area contributed by atoms with Crippen LogP contribution in [-0.4, -0.2) is 60.4 Å². The van der Waals surface area contributed by atoms with E-state index in [4.69, 9.17) is 0 Å². The van der Waals surface area contributed by atoms with E-state index in [9.17, 15) is 26.4 Å². The van der Waals surface area contributed by atoms with Crippen molar-refractivity contribution in [3.63, 3.8) is 0 Å². The van der Waals surface area contributed by atoms with Crippen LogP contribution in [0.4, 0.5) is 5.69 Å². The fourth-order valence-corrected chi connectivity index (χ4v) is 5.92. The Hall–Kier alpha value is -2.96. The van der Waals surface area contributed by atoms with Gasteiger partial charge < -0.3 is 9.47 Å². The van der Waals surface area contributed by atoms with Crippen LogP contribution < -0.4 is 4.72 Å². The number of hydrogen-bond donors (Lipinski definition) is 1. The molecule has 0 aromatic heterocycles. The lowest BCUT2D eigenvalue weighted by atomic mass is 10.1. The van der Waals surface area contributed by atoms with Gasteiger partial charge in [-0.25, -0.2) is 26.4 Å². The lowest BCUT2D eigenvalue weighted by Gasteiger charge is -2.16. The second-order valence-corrected chi connectivity index (χ2v) is 10.6. The zero-order chi connectivity index (χ0) is 23.5. The Balaban J connectivity index is 1.97. The van der Waals surface area contributed by atoms with Crippen LogP contribution in [0.3, 0.4) is 0 Å². The molecule has 1 aliphatic rings. The smallest absolute Gasteiger partial charge is 0.337 e. The predicted octanol–water partition coefficient (Wildman–Crippen LogP) is 1.85. The van der Waals surface area contributed by atoms with Gasteiger partial charge in [0.05, 0.1) is 40.8 Å². The van der Waals surface area contributed by atoms with Gasteiger partial charge in [-0.1, -0.05) is 6.07 Å². The molecule has 1 heterocycles. The highest BCUT2D eigenvalue weighted by Crippen LogP contribution is 2.25. The molecule has 172 valence electrons. The minimum Gasteiger partial charge on any atom is -0.465 e. The van der Waals surface area contributed by atoms with E-state index in [0.717, 1.165) is 45.3 Å². The average Bonchev–Trinajstić information content (AvgIpc) is 3.33. The third-order valence-electron chi connectivity index (χ3n) is 4.85. The number of sulfonamides is 2. The first kappa shape index (κ1) is 23.7. The van der Waals surface area contributed by atoms with Crippen molar-refractivity contribution in [1.82, 2.24) is 4.31 Å². The highest BCUT2D eigenvalue weighted by Gasteiger charge is 2.28. The standard InChI is InChI=1S/C20H22N2O8S2/c1-29-19(23)14-10-15(20(24)30-2)12-18(11-14)31(25,26)21-16-6-5-7-17(13-16)32(27,28)22-8-3-4-9-22/h5-7,10-13,21H,3-4,8-9H2,1-2H3. The fraction of sp³-hybridized carbons (Fsp3) is 0.300. The van der Waals surface area contributed by atoms with Gasteiger partial charge in [0.1, 0.15) is 0 Å². The molecule has 0 bridgehead atoms. The Labute approximate surface area is 186 Å². The Morgan fingerprint density at radius 2 is 1.41 bits per heavy atom. The van der Waals surface area contributed by atoms with E-state index in [-0.39, 0.29) is 21.7 Å². The number of anilines is 1. The minimum atomic E-state index is -4.30. The van der Waals surface area contributed by atoms with E-state index < -0.39 is 36.9 Å². The van der Waals surface area contributed by atoms with Crippen LogP contribution in [0.15, 0.2) is 52.3 Å². The maximum Gasteiger partial charge on any atom is 0.337 e. The van der Waals surface area contributed by atoms with Crippen molar-refractivity contribution in [3.05, 3.63) is 53.6 Å². The van der Waals surface area contributed by atoms with E-state index in [1.165, 1.54) is 28.6 Å². The molecule has 1 N–H and O–H groups in total. The molecule has 10 nitrogen and oxygen atoms in total. The third kappa shape index (κ3) is 4.92. The summed E-state index contributed by atoms with van der Waals surface area (Å²) in [4.78, 5) is 23.4. The van der Waals surface area contributed by atoms with Crippen LogP contribution in [0, 0.1) is 0 Å². The number of esters is 2. The number of ether oxygens (including phenoxy) is 2. The van der Waals surface area contributed by atoms with Crippen molar-refractivity contribution >= 4 is 37.7 Å². The van der Waals surface area contributed by atoms with Gasteiger partial charge >= 0.3 is 11.9 Å². The molecular formula is C20H22N2O8S2. The van der Waals surface area contributed by atoms with Crippen LogP contribution in [-0.2, 0) is 29.5 Å². The van der Waals surface area contributed by atoms with Gasteiger partial charge in [0, 0.05) is 13.1 Å². The molecule has 0 unspecified atom stereocenters. The third-order valence-corrected chi connectivity index (χ3v) is 8.10. The normalized spacial score (nSPS) is 14.7. The number of methoxy groups -OCH3 is 2. The second kappa shape index (κ2) is 9.27. The van der Waals surface area contributed by atoms with E-state index in [2.05, 4.69) is 14.2 Å². The summed E-state index contributed by atoms with van der Waals surface area (Å²) in [6, 6.07) is 8.67. The highest BCUT2D eigenvalue weighted by molar-refractivity contribution is 7.92. The largest absolute Gasteiger partial charge is 0.465 e. The molecule has 0 spiro atoms. The number of carbonyl (C=O) groups excluding carboxylic acids is 2. The van der Waals surface area contributed by atoms with E-state index in [0.29, 0.717) is 13.1 Å². The number of rotatable bonds is 7. The first-order chi connectivity index (χ1) is 15.1. The van der Waals surface area contributed by atoms with Gasteiger partial charge in [0.2, 0.25) is 10.0 Å². The summed E-state index contributed by atoms with van der Waals surface area (Å²) in [5, 5.41) is 0. The van der Waals surface area contributed by atoms with Gasteiger partial charge in [0.25, 0.3) is 10.0 Å². The number of nitrogens with one attached hydrogen (secondary N) is 1. The Morgan fingerprint density at radius 3 is 1.94 bits per heavy atom. The Morgan fingerprint density at radius 1 is 0.844 bits per heavy atom. The number of carbonyl (C=O) groups is 2. The molecule has 0 saturated carbocycles. The molecule has 2 aromatic carbocycles. The SMILES string of the molecule is COC(=O)c1cc(C(=O)OC)cc(S(=O)(=O)Nc2cccc(S(=O)(=O)N3CCCC3)c2)c1. The summed E-state index contributed by atoms with van der Waals surface area (Å²) in [7, 11) is -5.81. The lowest BCUT2D eigenvalue weighted by molar-refractivity contribution is 0.0598. The number of benzene rings is 2. The maximum absolute atomic E-state index is 13.0. The van der Waals surface area contributed by atoms with Crippen molar-refractivity contribution in [2.75, 3.05) is 32.0 Å². The van der Waals surface area contributed by atoms with Crippen LogP contribution in [0.1, 0.15) is 33.6 Å². The quantitative estimate of drug-likeness (QED) is 0.591. The van der Waals surface area contributed by atoms with Gasteiger partial charge in [0.15, 0.2) is 0 Å². The molecule has 0 aliphatic carbocycles. The number of hydrogen-bond acceptors (Lipinski definition) is 8. The molecule has 0 radical (unpaired) electrons. The van der Waals surface area contributed by atoms with Gasteiger partial charge in [-0.3, -0.25) is 4.72 Å². The monoisotopic (exact) mass is 482 g/mol. The molecule has 1 aliphatic heterocycles. The second-order valence-electron chi connectivity index (χ2n) is 6.97. The van der Waals surface area contributed by atoms with Gasteiger partial charge in [-0.05, 0) is 49.2 Å². The van der Waals surface area contributed by atoms with Crippen LogP contribution >= 0.6 is 0 Å². The number of nitrogens with zero attached hydrogens (tertiary/aromatic N) is 1. The maximum atomic E-state index is 13.0. The van der Waals surface area contributed by atoms with Crippen molar-refractivity contribution in [1.29, 1.82) is 0 Å². The van der Waals surface area contributed by atoms with Gasteiger partial charge in [-0.15, -0.1) is 0 Å². The van der Waals surface area contributed by atoms with Crippen LogP contribution in [0.2, 0.25) is 0 Å². The summed E-state index contributed by atoms with van der Waals surface area (Å²) in [5.41, 5.74) is -0.323. The van der Waals surface area contributed by atoms with Crippen molar-refractivity contribution in [2.45, 2.75) is 22.6 Å². The summed E-state index contributed by atoms with van der Waals surface area (Å²) in [6.45, 7) is 0.823. The van der Waals surface area contributed by atoms with E-state index in [1.807, 2.05) is 0 Å². The molecule has 2 aromatic rings. The molecule has 1 saturated heterocycles. The highest BCUT2D eigenvalue weighted by atomic mass is 32.2. The van der Waals surface area contributed by atoms with Crippen molar-refractivity contribution in [2.24, 2.45) is 0 Å². The first-order valence-electron chi connectivity index (χ1n) is 9.53.